The van der Waals surface area contributed by atoms with Crippen LogP contribution >= 0.6 is 11.6 Å². The lowest BCUT2D eigenvalue weighted by molar-refractivity contribution is 0.125. The van der Waals surface area contributed by atoms with Gasteiger partial charge in [0.05, 0.1) is 12.3 Å². The Balaban J connectivity index is 0.000000557. The van der Waals surface area contributed by atoms with Crippen molar-refractivity contribution in [1.82, 2.24) is 0 Å². The lowest BCUT2D eigenvalue weighted by Crippen LogP contribution is -2.27. The number of hydrogen-bond acceptors (Lipinski definition) is 4. The van der Waals surface area contributed by atoms with Gasteiger partial charge in [0, 0.05) is 11.6 Å². The quantitative estimate of drug-likeness (QED) is 0.485. The summed E-state index contributed by atoms with van der Waals surface area (Å²) in [5.41, 5.74) is -0.971. The minimum absolute atomic E-state index is 0.239. The van der Waals surface area contributed by atoms with Crippen molar-refractivity contribution in [3.8, 4) is 0 Å². The van der Waals surface area contributed by atoms with Crippen LogP contribution in [0.5, 0.6) is 0 Å². The van der Waals surface area contributed by atoms with Gasteiger partial charge in [-0.1, -0.05) is 18.2 Å². The van der Waals surface area contributed by atoms with Gasteiger partial charge in [0.25, 0.3) is 0 Å². The summed E-state index contributed by atoms with van der Waals surface area (Å²) in [6.07, 6.45) is -0.770. The number of ether oxygens (including phenoxy) is 1. The molecule has 0 heterocycles. The van der Waals surface area contributed by atoms with E-state index in [1.165, 1.54) is 0 Å². The summed E-state index contributed by atoms with van der Waals surface area (Å²) in [7, 11) is 0. The Kier molecular flexibility index (Phi) is 7.49. The number of rotatable bonds is 2. The van der Waals surface area contributed by atoms with Crippen molar-refractivity contribution in [2.75, 3.05) is 11.7 Å². The van der Waals surface area contributed by atoms with E-state index in [-0.39, 0.29) is 6.61 Å². The molecule has 17 heavy (non-hydrogen) atoms. The highest BCUT2D eigenvalue weighted by Gasteiger charge is 2.12. The Hall–Kier alpha value is -1.79. The summed E-state index contributed by atoms with van der Waals surface area (Å²) in [5.74, 6) is 0. The van der Waals surface area contributed by atoms with Crippen molar-refractivity contribution in [3.05, 3.63) is 30.3 Å². The third-order valence-electron chi connectivity index (χ3n) is 1.44. The normalized spacial score (nSPS) is 8.65. The molecule has 0 spiro atoms. The molecule has 1 amide bonds. The van der Waals surface area contributed by atoms with Gasteiger partial charge in [0.1, 0.15) is 0 Å². The molecule has 2 N–H and O–H groups in total. The first-order chi connectivity index (χ1) is 7.99. The van der Waals surface area contributed by atoms with Crippen LogP contribution in [0, 0.1) is 0 Å². The van der Waals surface area contributed by atoms with Gasteiger partial charge in [-0.2, -0.15) is 5.06 Å². The van der Waals surface area contributed by atoms with Gasteiger partial charge in [-0.25, -0.2) is 9.59 Å². The van der Waals surface area contributed by atoms with Gasteiger partial charge in [0.15, 0.2) is 0 Å². The maximum Gasteiger partial charge on any atom is 0.438 e. The highest BCUT2D eigenvalue weighted by molar-refractivity contribution is 6.60. The monoisotopic (exact) mass is 261 g/mol. The zero-order valence-electron chi connectivity index (χ0n) is 9.04. The zero-order chi connectivity index (χ0) is 13.3. The molecule has 0 fully saturated rings. The lowest BCUT2D eigenvalue weighted by Gasteiger charge is -2.13. The van der Waals surface area contributed by atoms with Gasteiger partial charge >= 0.3 is 11.5 Å². The molecule has 0 atom stereocenters. The molecular formula is C10H12ClNO5. The fraction of sp³-hybridized carbons (Fsp3) is 0.200. The third-order valence-corrected chi connectivity index (χ3v) is 1.44. The van der Waals surface area contributed by atoms with Crippen LogP contribution in [-0.4, -0.2) is 28.4 Å². The Labute approximate surface area is 103 Å². The summed E-state index contributed by atoms with van der Waals surface area (Å²) in [6.45, 7) is 1.92. The molecule has 0 aliphatic heterocycles. The number of hydrogen-bond donors (Lipinski definition) is 2. The van der Waals surface area contributed by atoms with Crippen LogP contribution in [0.2, 0.25) is 0 Å². The molecule has 0 aromatic heterocycles. The molecule has 1 rings (SSSR count). The van der Waals surface area contributed by atoms with E-state index in [4.69, 9.17) is 9.90 Å². The molecule has 0 aliphatic carbocycles. The molecule has 0 bridgehead atoms. The minimum atomic E-state index is -1.36. The zero-order valence-corrected chi connectivity index (χ0v) is 9.79. The summed E-state index contributed by atoms with van der Waals surface area (Å²) < 4.78 is 4.60. The summed E-state index contributed by atoms with van der Waals surface area (Å²) in [6, 6.07) is 8.45. The number of para-hydroxylation sites is 1. The smallest absolute Gasteiger partial charge is 0.438 e. The number of carboxylic acid groups (broad SMARTS) is 1. The molecule has 0 unspecified atom stereocenters. The summed E-state index contributed by atoms with van der Waals surface area (Å²) >= 11 is 4.19. The second kappa shape index (κ2) is 8.37. The van der Waals surface area contributed by atoms with Crippen LogP contribution in [0.4, 0.5) is 15.3 Å². The third kappa shape index (κ3) is 7.15. The Morgan fingerprint density at radius 2 is 1.82 bits per heavy atom. The predicted molar refractivity (Wildman–Crippen MR) is 61.6 cm³/mol. The number of nitrogens with zero attached hydrogens (tertiary/aromatic N) is 1. The lowest BCUT2D eigenvalue weighted by atomic mass is 10.3. The molecule has 0 aliphatic rings. The molecule has 0 saturated carbocycles. The topological polar surface area (TPSA) is 87.1 Å². The Morgan fingerprint density at radius 3 is 2.24 bits per heavy atom. The second-order valence-electron chi connectivity index (χ2n) is 2.60. The van der Waals surface area contributed by atoms with Crippen LogP contribution in [0.1, 0.15) is 6.92 Å². The average Bonchev–Trinajstić information content (AvgIpc) is 2.29. The largest absolute Gasteiger partial charge is 0.469 e. The van der Waals surface area contributed by atoms with Crippen molar-refractivity contribution >= 4 is 28.8 Å². The van der Waals surface area contributed by atoms with Crippen LogP contribution in [0.3, 0.4) is 0 Å². The van der Waals surface area contributed by atoms with Crippen LogP contribution in [0.25, 0.3) is 0 Å². The molecule has 6 nitrogen and oxygen atoms in total. The molecule has 94 valence electrons. The van der Waals surface area contributed by atoms with E-state index in [1.807, 2.05) is 0 Å². The maximum atomic E-state index is 11.0. The predicted octanol–water partition coefficient (Wildman–Crippen LogP) is 2.94. The van der Waals surface area contributed by atoms with E-state index >= 15 is 0 Å². The average molecular weight is 262 g/mol. The van der Waals surface area contributed by atoms with E-state index in [9.17, 15) is 10.0 Å². The molecule has 7 heteroatoms. The van der Waals surface area contributed by atoms with Crippen LogP contribution in [0.15, 0.2) is 30.3 Å². The molecule has 1 aromatic carbocycles. The number of carbonyl (C=O) groups excluding carboxylic acids is 1. The van der Waals surface area contributed by atoms with Crippen molar-refractivity contribution in [2.45, 2.75) is 6.92 Å². The first-order valence-corrected chi connectivity index (χ1v) is 4.96. The summed E-state index contributed by atoms with van der Waals surface area (Å²) in [5, 5.41) is 16.9. The van der Waals surface area contributed by atoms with Crippen LogP contribution in [-0.2, 0) is 4.74 Å². The minimum Gasteiger partial charge on any atom is -0.469 e. The molecular weight excluding hydrogens is 250 g/mol. The van der Waals surface area contributed by atoms with Crippen LogP contribution < -0.4 is 5.06 Å². The van der Waals surface area contributed by atoms with Crippen molar-refractivity contribution in [3.63, 3.8) is 0 Å². The van der Waals surface area contributed by atoms with E-state index in [1.54, 1.807) is 37.3 Å². The number of amides is 1. The van der Waals surface area contributed by atoms with Crippen molar-refractivity contribution in [2.24, 2.45) is 0 Å². The fourth-order valence-electron chi connectivity index (χ4n) is 0.859. The highest BCUT2D eigenvalue weighted by Crippen LogP contribution is 2.11. The van der Waals surface area contributed by atoms with E-state index in [2.05, 4.69) is 16.3 Å². The van der Waals surface area contributed by atoms with Gasteiger partial charge in [-0.05, 0) is 19.1 Å². The van der Waals surface area contributed by atoms with Gasteiger partial charge in [-0.15, -0.1) is 0 Å². The van der Waals surface area contributed by atoms with Gasteiger partial charge in [-0.3, -0.25) is 5.21 Å². The summed E-state index contributed by atoms with van der Waals surface area (Å²) in [4.78, 5) is 19.8. The maximum absolute atomic E-state index is 11.0. The standard InChI is InChI=1S/C9H11NO3.CHClO2/c1-2-13-9(11)10(12)8-6-4-3-5-7-8;2-1(3)4/h3-7,12H,2H2,1H3;(H,3,4). The number of anilines is 1. The number of halogens is 1. The van der Waals surface area contributed by atoms with Gasteiger partial charge in [0.2, 0.25) is 0 Å². The number of hydroxylamine groups is 1. The molecule has 1 aromatic rings. The Bertz CT molecular complexity index is 353. The fourth-order valence-corrected chi connectivity index (χ4v) is 0.859. The first-order valence-electron chi connectivity index (χ1n) is 4.58. The van der Waals surface area contributed by atoms with Crippen molar-refractivity contribution in [1.29, 1.82) is 0 Å². The Morgan fingerprint density at radius 1 is 1.35 bits per heavy atom. The van der Waals surface area contributed by atoms with Crippen molar-refractivity contribution < 1.29 is 24.6 Å². The first kappa shape index (κ1) is 15.2. The highest BCUT2D eigenvalue weighted by atomic mass is 35.5. The van der Waals surface area contributed by atoms with E-state index in [0.29, 0.717) is 10.8 Å². The molecule has 0 radical (unpaired) electrons. The molecule has 0 saturated heterocycles. The SMILES string of the molecule is CCOC(=O)N(O)c1ccccc1.O=C(O)Cl. The number of carbonyl (C=O) groups is 2. The van der Waals surface area contributed by atoms with E-state index < -0.39 is 11.5 Å². The van der Waals surface area contributed by atoms with E-state index in [0.717, 1.165) is 0 Å². The number of benzene rings is 1. The van der Waals surface area contributed by atoms with Gasteiger partial charge < -0.3 is 9.84 Å². The second-order valence-corrected chi connectivity index (χ2v) is 2.92.